The average Bonchev–Trinajstić information content (AvgIpc) is 3.22. The number of halogens is 2. The molecule has 5 aromatic rings. The van der Waals surface area contributed by atoms with Gasteiger partial charge in [-0.25, -0.2) is 13.6 Å². The van der Waals surface area contributed by atoms with Crippen LogP contribution in [0.2, 0.25) is 0 Å². The molecule has 2 aromatic heterocycles. The summed E-state index contributed by atoms with van der Waals surface area (Å²) in [5.74, 6) is -3.90. The molecule has 0 spiro atoms. The van der Waals surface area contributed by atoms with Crippen molar-refractivity contribution in [1.82, 2.24) is 9.78 Å². The molecule has 3 aromatic carbocycles. The maximum absolute atomic E-state index is 14.3. The molecule has 0 aliphatic rings. The first-order chi connectivity index (χ1) is 17.5. The lowest BCUT2D eigenvalue weighted by atomic mass is 9.98. The van der Waals surface area contributed by atoms with Crippen LogP contribution in [0.4, 0.5) is 14.5 Å². The van der Waals surface area contributed by atoms with E-state index in [0.29, 0.717) is 33.4 Å². The van der Waals surface area contributed by atoms with Crippen molar-refractivity contribution >= 4 is 33.5 Å². The molecular weight excluding hydrogens is 480 g/mol. The van der Waals surface area contributed by atoms with Crippen LogP contribution in [0.15, 0.2) is 57.9 Å². The van der Waals surface area contributed by atoms with Gasteiger partial charge in [-0.05, 0) is 62.7 Å². The lowest BCUT2D eigenvalue weighted by Gasteiger charge is -2.20. The number of carboxylic acids is 1. The molecule has 7 nitrogen and oxygen atoms in total. The van der Waals surface area contributed by atoms with Crippen LogP contribution in [-0.2, 0) is 7.05 Å². The monoisotopic (exact) mass is 503 g/mol. The molecule has 0 fully saturated rings. The van der Waals surface area contributed by atoms with Crippen molar-refractivity contribution in [2.24, 2.45) is 7.05 Å². The summed E-state index contributed by atoms with van der Waals surface area (Å²) in [6, 6.07) is 10.5. The summed E-state index contributed by atoms with van der Waals surface area (Å²) in [6.07, 6.45) is 1.87. The summed E-state index contributed by atoms with van der Waals surface area (Å²) in [6.45, 7) is 5.26. The summed E-state index contributed by atoms with van der Waals surface area (Å²) in [5, 5.41) is 18.1. The second kappa shape index (κ2) is 8.85. The number of aryl methyl sites for hydroxylation is 2. The second-order valence-electron chi connectivity index (χ2n) is 9.15. The van der Waals surface area contributed by atoms with Crippen molar-refractivity contribution in [2.45, 2.75) is 26.8 Å². The van der Waals surface area contributed by atoms with Gasteiger partial charge >= 0.3 is 5.97 Å². The molecule has 0 saturated carbocycles. The Hall–Kier alpha value is -4.53. The number of carboxylic acid groups (broad SMARTS) is 1. The fourth-order valence-corrected chi connectivity index (χ4v) is 4.65. The van der Waals surface area contributed by atoms with Gasteiger partial charge in [-0.15, -0.1) is 0 Å². The number of carbonyl (C=O) groups is 1. The Morgan fingerprint density at radius 1 is 1.14 bits per heavy atom. The number of hydrogen-bond acceptors (Lipinski definition) is 5. The topological polar surface area (TPSA) is 97.4 Å². The standard InChI is InChI=1S/C28H23F2N3O4/c1-13-9-18(15(3)31-22-8-6-20(29)24(30)23(22)28(35)36)27-19(10-13)25(34)14(2)26(37-27)16-5-7-21-17(11-16)12-33(4)32-21/h5-12,15,31H,1-4H3,(H,35,36). The minimum atomic E-state index is -1.60. The summed E-state index contributed by atoms with van der Waals surface area (Å²) >= 11 is 0. The lowest BCUT2D eigenvalue weighted by molar-refractivity contribution is 0.0691. The molecule has 0 bridgehead atoms. The van der Waals surface area contributed by atoms with E-state index in [0.717, 1.165) is 22.5 Å². The van der Waals surface area contributed by atoms with E-state index in [2.05, 4.69) is 10.4 Å². The molecule has 9 heteroatoms. The Bertz CT molecular complexity index is 1790. The van der Waals surface area contributed by atoms with Crippen molar-refractivity contribution in [3.63, 3.8) is 0 Å². The number of aromatic carboxylic acids is 1. The molecule has 188 valence electrons. The van der Waals surface area contributed by atoms with E-state index >= 15 is 0 Å². The smallest absolute Gasteiger partial charge is 0.340 e. The van der Waals surface area contributed by atoms with Crippen molar-refractivity contribution in [2.75, 3.05) is 5.32 Å². The SMILES string of the molecule is Cc1cc(C(C)Nc2ccc(F)c(F)c2C(=O)O)c2oc(-c3ccc4nn(C)cc4c3)c(C)c(=O)c2c1. The number of benzene rings is 3. The van der Waals surface area contributed by atoms with Crippen LogP contribution in [0, 0.1) is 25.5 Å². The van der Waals surface area contributed by atoms with Gasteiger partial charge in [0.05, 0.1) is 22.6 Å². The summed E-state index contributed by atoms with van der Waals surface area (Å²) in [5.41, 5.74) is 2.55. The summed E-state index contributed by atoms with van der Waals surface area (Å²) < 4.78 is 36.0. The first kappa shape index (κ1) is 24.2. The number of nitrogens with one attached hydrogen (secondary N) is 1. The molecule has 0 aliphatic carbocycles. The van der Waals surface area contributed by atoms with Crippen molar-refractivity contribution in [1.29, 1.82) is 0 Å². The molecule has 0 amide bonds. The Kier molecular flexibility index (Phi) is 5.78. The predicted octanol–water partition coefficient (Wildman–Crippen LogP) is 6.11. The average molecular weight is 504 g/mol. The van der Waals surface area contributed by atoms with Crippen molar-refractivity contribution < 1.29 is 23.1 Å². The molecule has 2 heterocycles. The van der Waals surface area contributed by atoms with Gasteiger partial charge in [-0.1, -0.05) is 6.07 Å². The van der Waals surface area contributed by atoms with Crippen LogP contribution >= 0.6 is 0 Å². The first-order valence-corrected chi connectivity index (χ1v) is 11.5. The lowest BCUT2D eigenvalue weighted by Crippen LogP contribution is -2.15. The number of aromatic nitrogens is 2. The number of fused-ring (bicyclic) bond motifs is 2. The third kappa shape index (κ3) is 4.12. The normalized spacial score (nSPS) is 12.3. The van der Waals surface area contributed by atoms with Gasteiger partial charge in [0.2, 0.25) is 0 Å². The van der Waals surface area contributed by atoms with E-state index < -0.39 is 29.2 Å². The zero-order valence-corrected chi connectivity index (χ0v) is 20.5. The highest BCUT2D eigenvalue weighted by atomic mass is 19.2. The zero-order chi connectivity index (χ0) is 26.6. The molecule has 37 heavy (non-hydrogen) atoms. The van der Waals surface area contributed by atoms with Crippen LogP contribution in [0.1, 0.15) is 40.0 Å². The van der Waals surface area contributed by atoms with Crippen LogP contribution in [0.3, 0.4) is 0 Å². The molecular formula is C28H23F2N3O4. The van der Waals surface area contributed by atoms with E-state index in [1.165, 1.54) is 6.07 Å². The van der Waals surface area contributed by atoms with Crippen LogP contribution in [0.25, 0.3) is 33.2 Å². The maximum Gasteiger partial charge on any atom is 0.340 e. The highest BCUT2D eigenvalue weighted by Gasteiger charge is 2.23. The van der Waals surface area contributed by atoms with Crippen LogP contribution in [-0.4, -0.2) is 20.9 Å². The Morgan fingerprint density at radius 2 is 1.89 bits per heavy atom. The molecule has 5 rings (SSSR count). The van der Waals surface area contributed by atoms with Gasteiger partial charge in [-0.2, -0.15) is 5.10 Å². The summed E-state index contributed by atoms with van der Waals surface area (Å²) in [4.78, 5) is 25.1. The van der Waals surface area contributed by atoms with Gasteiger partial charge < -0.3 is 14.8 Å². The van der Waals surface area contributed by atoms with Gasteiger partial charge in [-0.3, -0.25) is 9.48 Å². The maximum atomic E-state index is 14.3. The van der Waals surface area contributed by atoms with Crippen LogP contribution in [0.5, 0.6) is 0 Å². The predicted molar refractivity (Wildman–Crippen MR) is 137 cm³/mol. The molecule has 0 saturated heterocycles. The van der Waals surface area contributed by atoms with Crippen molar-refractivity contribution in [3.8, 4) is 11.3 Å². The third-order valence-corrected chi connectivity index (χ3v) is 6.42. The van der Waals surface area contributed by atoms with Gasteiger partial charge in [0, 0.05) is 35.3 Å². The third-order valence-electron chi connectivity index (χ3n) is 6.42. The van der Waals surface area contributed by atoms with E-state index in [-0.39, 0.29) is 11.1 Å². The molecule has 0 radical (unpaired) electrons. The molecule has 0 aliphatic heterocycles. The van der Waals surface area contributed by atoms with E-state index in [1.54, 1.807) is 24.6 Å². The Balaban J connectivity index is 1.68. The van der Waals surface area contributed by atoms with E-state index in [9.17, 15) is 23.5 Å². The fourth-order valence-electron chi connectivity index (χ4n) is 4.65. The van der Waals surface area contributed by atoms with Gasteiger partial charge in [0.15, 0.2) is 17.1 Å². The quantitative estimate of drug-likeness (QED) is 0.300. The highest BCUT2D eigenvalue weighted by Crippen LogP contribution is 2.34. The van der Waals surface area contributed by atoms with Gasteiger partial charge in [0.25, 0.3) is 0 Å². The largest absolute Gasteiger partial charge is 0.478 e. The highest BCUT2D eigenvalue weighted by molar-refractivity contribution is 5.95. The second-order valence-corrected chi connectivity index (χ2v) is 9.15. The molecule has 1 atom stereocenters. The fraction of sp³-hybridized carbons (Fsp3) is 0.179. The first-order valence-electron chi connectivity index (χ1n) is 11.5. The van der Waals surface area contributed by atoms with E-state index in [4.69, 9.17) is 4.42 Å². The number of nitrogens with zero attached hydrogens (tertiary/aromatic N) is 2. The summed E-state index contributed by atoms with van der Waals surface area (Å²) in [7, 11) is 1.83. The molecule has 2 N–H and O–H groups in total. The number of anilines is 1. The minimum Gasteiger partial charge on any atom is -0.478 e. The van der Waals surface area contributed by atoms with Crippen LogP contribution < -0.4 is 10.7 Å². The number of rotatable bonds is 5. The number of hydrogen-bond donors (Lipinski definition) is 2. The van der Waals surface area contributed by atoms with Gasteiger partial charge in [0.1, 0.15) is 16.9 Å². The Morgan fingerprint density at radius 3 is 2.62 bits per heavy atom. The van der Waals surface area contributed by atoms with E-state index in [1.807, 2.05) is 44.4 Å². The van der Waals surface area contributed by atoms with Crippen molar-refractivity contribution in [3.05, 3.63) is 92.8 Å². The zero-order valence-electron chi connectivity index (χ0n) is 20.5. The minimum absolute atomic E-state index is 0.0923. The Labute approximate surface area is 210 Å². The molecule has 1 unspecified atom stereocenters.